The Bertz CT molecular complexity index is 726. The highest BCUT2D eigenvalue weighted by Crippen LogP contribution is 2.29. The monoisotopic (exact) mass is 271 g/mol. The number of benzene rings is 1. The summed E-state index contributed by atoms with van der Waals surface area (Å²) < 4.78 is 7.96. The van der Waals surface area contributed by atoms with E-state index >= 15 is 0 Å². The van der Waals surface area contributed by atoms with Crippen LogP contribution in [0, 0.1) is 0 Å². The molecule has 4 heteroatoms. The van der Waals surface area contributed by atoms with Gasteiger partial charge in [-0.25, -0.2) is 0 Å². The molecule has 3 aromatic rings. The normalized spacial score (nSPS) is 13.3. The first kappa shape index (κ1) is 13.2. The van der Waals surface area contributed by atoms with E-state index in [1.807, 2.05) is 12.3 Å². The van der Waals surface area contributed by atoms with Gasteiger partial charge in [0.05, 0.1) is 17.8 Å². The zero-order valence-electron chi connectivity index (χ0n) is 12.3. The Morgan fingerprint density at radius 3 is 2.95 bits per heavy atom. The third-order valence-corrected chi connectivity index (χ3v) is 3.76. The lowest BCUT2D eigenvalue weighted by Crippen LogP contribution is -2.23. The summed E-state index contributed by atoms with van der Waals surface area (Å²) in [6.07, 6.45) is 2.85. The SMILES string of the molecule is CCNC[C@H](C)n1ncc2ccc3oc(CC)cc3c21. The van der Waals surface area contributed by atoms with E-state index in [1.54, 1.807) is 0 Å². The Morgan fingerprint density at radius 2 is 2.20 bits per heavy atom. The molecule has 0 aliphatic rings. The largest absolute Gasteiger partial charge is 0.461 e. The average Bonchev–Trinajstić information content (AvgIpc) is 3.06. The van der Waals surface area contributed by atoms with Gasteiger partial charge in [0.15, 0.2) is 0 Å². The van der Waals surface area contributed by atoms with Gasteiger partial charge in [-0.3, -0.25) is 4.68 Å². The van der Waals surface area contributed by atoms with Crippen molar-refractivity contribution in [3.05, 3.63) is 30.2 Å². The molecule has 0 aliphatic heterocycles. The average molecular weight is 271 g/mol. The van der Waals surface area contributed by atoms with Crippen molar-refractivity contribution in [1.82, 2.24) is 15.1 Å². The number of aryl methyl sites for hydroxylation is 1. The Balaban J connectivity index is 2.15. The lowest BCUT2D eigenvalue weighted by molar-refractivity contribution is 0.473. The summed E-state index contributed by atoms with van der Waals surface area (Å²) in [7, 11) is 0. The molecule has 1 atom stereocenters. The summed E-state index contributed by atoms with van der Waals surface area (Å²) in [5.41, 5.74) is 2.13. The third kappa shape index (κ3) is 2.10. The number of aromatic nitrogens is 2. The van der Waals surface area contributed by atoms with Gasteiger partial charge in [0.2, 0.25) is 0 Å². The molecule has 2 aromatic heterocycles. The van der Waals surface area contributed by atoms with Crippen LogP contribution in [0.3, 0.4) is 0 Å². The van der Waals surface area contributed by atoms with Crippen LogP contribution in [-0.4, -0.2) is 22.9 Å². The number of nitrogens with one attached hydrogen (secondary N) is 1. The van der Waals surface area contributed by atoms with Gasteiger partial charge in [0.1, 0.15) is 11.3 Å². The fourth-order valence-electron chi connectivity index (χ4n) is 2.66. The van der Waals surface area contributed by atoms with Gasteiger partial charge in [-0.2, -0.15) is 5.10 Å². The summed E-state index contributed by atoms with van der Waals surface area (Å²) in [5, 5.41) is 10.3. The predicted molar refractivity (Wildman–Crippen MR) is 82.1 cm³/mol. The van der Waals surface area contributed by atoms with Gasteiger partial charge >= 0.3 is 0 Å². The van der Waals surface area contributed by atoms with Crippen molar-refractivity contribution in [2.75, 3.05) is 13.1 Å². The van der Waals surface area contributed by atoms with E-state index < -0.39 is 0 Å². The highest BCUT2D eigenvalue weighted by molar-refractivity contribution is 6.03. The molecule has 4 nitrogen and oxygen atoms in total. The molecule has 0 radical (unpaired) electrons. The molecule has 3 rings (SSSR count). The summed E-state index contributed by atoms with van der Waals surface area (Å²) in [5.74, 6) is 1.03. The fraction of sp³-hybridized carbons (Fsp3) is 0.438. The van der Waals surface area contributed by atoms with Gasteiger partial charge in [-0.1, -0.05) is 13.8 Å². The van der Waals surface area contributed by atoms with Crippen LogP contribution in [-0.2, 0) is 6.42 Å². The molecule has 0 bridgehead atoms. The molecule has 1 N–H and O–H groups in total. The van der Waals surface area contributed by atoms with Crippen molar-refractivity contribution in [1.29, 1.82) is 0 Å². The summed E-state index contributed by atoms with van der Waals surface area (Å²) in [6.45, 7) is 8.32. The minimum atomic E-state index is 0.318. The molecule has 0 saturated carbocycles. The van der Waals surface area contributed by atoms with Crippen molar-refractivity contribution in [3.8, 4) is 0 Å². The quantitative estimate of drug-likeness (QED) is 0.772. The Kier molecular flexibility index (Phi) is 3.49. The van der Waals surface area contributed by atoms with Gasteiger partial charge < -0.3 is 9.73 Å². The van der Waals surface area contributed by atoms with Crippen LogP contribution in [0.4, 0.5) is 0 Å². The molecule has 0 aliphatic carbocycles. The van der Waals surface area contributed by atoms with Crippen LogP contribution in [0.25, 0.3) is 21.9 Å². The topological polar surface area (TPSA) is 43.0 Å². The van der Waals surface area contributed by atoms with Crippen molar-refractivity contribution in [2.24, 2.45) is 0 Å². The van der Waals surface area contributed by atoms with E-state index in [-0.39, 0.29) is 0 Å². The van der Waals surface area contributed by atoms with Crippen LogP contribution in [0.1, 0.15) is 32.6 Å². The van der Waals surface area contributed by atoms with Crippen molar-refractivity contribution in [2.45, 2.75) is 33.2 Å². The molecule has 2 heterocycles. The smallest absolute Gasteiger partial charge is 0.136 e. The first-order chi connectivity index (χ1) is 9.74. The zero-order valence-corrected chi connectivity index (χ0v) is 12.3. The number of rotatable bonds is 5. The van der Waals surface area contributed by atoms with Crippen LogP contribution in [0.5, 0.6) is 0 Å². The van der Waals surface area contributed by atoms with Crippen molar-refractivity contribution < 1.29 is 4.42 Å². The van der Waals surface area contributed by atoms with Crippen molar-refractivity contribution >= 4 is 21.9 Å². The summed E-state index contributed by atoms with van der Waals surface area (Å²) >= 11 is 0. The number of hydrogen-bond acceptors (Lipinski definition) is 3. The van der Waals surface area contributed by atoms with Gasteiger partial charge in [0.25, 0.3) is 0 Å². The van der Waals surface area contributed by atoms with Crippen LogP contribution >= 0.6 is 0 Å². The van der Waals surface area contributed by atoms with E-state index in [2.05, 4.69) is 48.0 Å². The second-order valence-corrected chi connectivity index (χ2v) is 5.23. The van der Waals surface area contributed by atoms with E-state index in [0.717, 1.165) is 30.9 Å². The molecule has 0 fully saturated rings. The number of furan rings is 1. The molecular weight excluding hydrogens is 250 g/mol. The zero-order chi connectivity index (χ0) is 14.1. The number of fused-ring (bicyclic) bond motifs is 3. The number of nitrogens with zero attached hydrogens (tertiary/aromatic N) is 2. The fourth-order valence-corrected chi connectivity index (χ4v) is 2.66. The van der Waals surface area contributed by atoms with Crippen LogP contribution in [0.2, 0.25) is 0 Å². The van der Waals surface area contributed by atoms with E-state index in [1.165, 1.54) is 16.3 Å². The first-order valence-corrected chi connectivity index (χ1v) is 7.34. The van der Waals surface area contributed by atoms with E-state index in [9.17, 15) is 0 Å². The minimum Gasteiger partial charge on any atom is -0.461 e. The Morgan fingerprint density at radius 1 is 1.35 bits per heavy atom. The van der Waals surface area contributed by atoms with Gasteiger partial charge in [0, 0.05) is 23.7 Å². The summed E-state index contributed by atoms with van der Waals surface area (Å²) in [6, 6.07) is 6.59. The third-order valence-electron chi connectivity index (χ3n) is 3.76. The first-order valence-electron chi connectivity index (χ1n) is 7.34. The molecule has 1 aromatic carbocycles. The molecule has 0 amide bonds. The highest BCUT2D eigenvalue weighted by Gasteiger charge is 2.14. The predicted octanol–water partition coefficient (Wildman–Crippen LogP) is 3.52. The number of hydrogen-bond donors (Lipinski definition) is 1. The molecule has 0 saturated heterocycles. The maximum absolute atomic E-state index is 5.85. The summed E-state index contributed by atoms with van der Waals surface area (Å²) in [4.78, 5) is 0. The molecule has 0 spiro atoms. The highest BCUT2D eigenvalue weighted by atomic mass is 16.3. The second-order valence-electron chi connectivity index (χ2n) is 5.23. The second kappa shape index (κ2) is 5.29. The standard InChI is InChI=1S/C16H21N3O/c1-4-13-8-14-15(20-13)7-6-12-10-18-19(16(12)14)11(3)9-17-5-2/h6-8,10-11,17H,4-5,9H2,1-3H3/t11-/m0/s1. The molecule has 106 valence electrons. The van der Waals surface area contributed by atoms with Crippen LogP contribution in [0.15, 0.2) is 28.8 Å². The Labute approximate surface area is 118 Å². The Hall–Kier alpha value is -1.81. The minimum absolute atomic E-state index is 0.318. The maximum Gasteiger partial charge on any atom is 0.136 e. The molecule has 0 unspecified atom stereocenters. The maximum atomic E-state index is 5.85. The molecule has 20 heavy (non-hydrogen) atoms. The lowest BCUT2D eigenvalue weighted by atomic mass is 10.1. The van der Waals surface area contributed by atoms with E-state index in [4.69, 9.17) is 4.42 Å². The number of likely N-dealkylation sites (N-methyl/N-ethyl adjacent to an activating group) is 1. The molecular formula is C16H21N3O. The lowest BCUT2D eigenvalue weighted by Gasteiger charge is -2.14. The van der Waals surface area contributed by atoms with E-state index in [0.29, 0.717) is 6.04 Å². The van der Waals surface area contributed by atoms with Gasteiger partial charge in [-0.15, -0.1) is 0 Å². The van der Waals surface area contributed by atoms with Gasteiger partial charge in [-0.05, 0) is 31.7 Å². The van der Waals surface area contributed by atoms with Crippen LogP contribution < -0.4 is 5.32 Å². The van der Waals surface area contributed by atoms with Crippen molar-refractivity contribution in [3.63, 3.8) is 0 Å².